The Morgan fingerprint density at radius 3 is 2.48 bits per heavy atom. The Hall–Kier alpha value is -1.22. The van der Waals surface area contributed by atoms with Gasteiger partial charge >= 0.3 is 0 Å². The molecule has 3 heterocycles. The van der Waals surface area contributed by atoms with Crippen LogP contribution in [0.1, 0.15) is 33.1 Å². The third kappa shape index (κ3) is 4.45. The van der Waals surface area contributed by atoms with Crippen LogP contribution in [0.15, 0.2) is 9.98 Å². The van der Waals surface area contributed by atoms with E-state index in [0.29, 0.717) is 17.9 Å². The maximum Gasteiger partial charge on any atom is 0.245 e. The number of nitrogens with two attached hydrogens (primary N) is 2. The number of aliphatic imine (C=N–C) groups is 2. The molecule has 3 unspecified atom stereocenters. The second-order valence-electron chi connectivity index (χ2n) is 7.62. The summed E-state index contributed by atoms with van der Waals surface area (Å²) >= 11 is 6.32. The van der Waals surface area contributed by atoms with E-state index >= 15 is 0 Å². The van der Waals surface area contributed by atoms with E-state index in [1.807, 2.05) is 0 Å². The van der Waals surface area contributed by atoms with Crippen LogP contribution in [0.2, 0.25) is 0 Å². The number of halogens is 1. The lowest BCUT2D eigenvalue weighted by Gasteiger charge is -2.48. The zero-order valence-corrected chi connectivity index (χ0v) is 17.1. The average Bonchev–Trinajstić information content (AvgIpc) is 2.68. The second-order valence-corrected chi connectivity index (χ2v) is 7.98. The number of rotatable bonds is 4. The molecule has 3 atom stereocenters. The van der Waals surface area contributed by atoms with Gasteiger partial charge in [0.15, 0.2) is 17.0 Å². The molecular formula is C18H32ClN7O. The lowest BCUT2D eigenvalue weighted by molar-refractivity contribution is -0.119. The van der Waals surface area contributed by atoms with Gasteiger partial charge in [0.1, 0.15) is 6.17 Å². The largest absolute Gasteiger partial charge is 0.368 e. The van der Waals surface area contributed by atoms with Crippen LogP contribution in [0.3, 0.4) is 0 Å². The number of nitrogens with zero attached hydrogens (tertiary/aromatic N) is 5. The molecule has 0 saturated carbocycles. The second kappa shape index (κ2) is 8.86. The fourth-order valence-corrected chi connectivity index (χ4v) is 4.71. The van der Waals surface area contributed by atoms with Crippen molar-refractivity contribution in [2.45, 2.75) is 57.4 Å². The van der Waals surface area contributed by atoms with Crippen molar-refractivity contribution in [3.8, 4) is 0 Å². The molecule has 3 rings (SSSR count). The van der Waals surface area contributed by atoms with Gasteiger partial charge in [0.25, 0.3) is 0 Å². The molecule has 9 heteroatoms. The van der Waals surface area contributed by atoms with E-state index in [-0.39, 0.29) is 5.17 Å². The number of amidine groups is 1. The molecule has 0 aliphatic carbocycles. The van der Waals surface area contributed by atoms with Crippen LogP contribution < -0.4 is 11.5 Å². The minimum absolute atomic E-state index is 0.236. The van der Waals surface area contributed by atoms with E-state index in [4.69, 9.17) is 23.1 Å². The van der Waals surface area contributed by atoms with E-state index in [1.165, 1.54) is 25.9 Å². The summed E-state index contributed by atoms with van der Waals surface area (Å²) in [6.07, 6.45) is 2.77. The summed E-state index contributed by atoms with van der Waals surface area (Å²) in [6, 6.07) is 0.223. The Balaban J connectivity index is 1.66. The molecule has 0 bridgehead atoms. The Labute approximate surface area is 166 Å². The number of piperidine rings is 1. The fraction of sp³-hybridized carbons (Fsp3) is 0.833. The molecule has 0 spiro atoms. The molecule has 0 aromatic carbocycles. The first-order chi connectivity index (χ1) is 12.9. The first-order valence-electron chi connectivity index (χ1n) is 10.0. The Morgan fingerprint density at radius 1 is 1.19 bits per heavy atom. The molecule has 3 aliphatic heterocycles. The van der Waals surface area contributed by atoms with Gasteiger partial charge in [-0.2, -0.15) is 0 Å². The van der Waals surface area contributed by atoms with E-state index in [0.717, 1.165) is 32.6 Å². The highest BCUT2D eigenvalue weighted by molar-refractivity contribution is 6.83. The standard InChI is InChI=1S/C18H32ClN7O/c1-3-12-11-25(18-15(19)22-14(17(21)27)16(20)23-18)9-10-26(12)13-5-7-24(4-2)8-6-13/h12-14,16H,3-11,20H2,1-2H3,(H2,21,27). The average molecular weight is 398 g/mol. The minimum atomic E-state index is -0.881. The topological polar surface area (TPSA) is 104 Å². The maximum atomic E-state index is 11.4. The number of carbonyl (C=O) groups excluding carboxylic acids is 1. The van der Waals surface area contributed by atoms with Crippen LogP contribution in [-0.2, 0) is 4.79 Å². The van der Waals surface area contributed by atoms with Crippen LogP contribution in [-0.4, -0.2) is 95.2 Å². The molecule has 0 aromatic heterocycles. The van der Waals surface area contributed by atoms with Gasteiger partial charge in [-0.15, -0.1) is 0 Å². The Bertz CT molecular complexity index is 603. The number of likely N-dealkylation sites (tertiary alicyclic amines) is 1. The number of hydrogen-bond acceptors (Lipinski definition) is 7. The first kappa shape index (κ1) is 20.5. The monoisotopic (exact) mass is 397 g/mol. The lowest BCUT2D eigenvalue weighted by Crippen LogP contribution is -2.60. The molecule has 0 radical (unpaired) electrons. The van der Waals surface area contributed by atoms with Gasteiger partial charge < -0.3 is 21.3 Å². The Kier molecular flexibility index (Phi) is 6.73. The fourth-order valence-electron chi connectivity index (χ4n) is 4.44. The van der Waals surface area contributed by atoms with E-state index in [2.05, 4.69) is 38.5 Å². The van der Waals surface area contributed by atoms with Gasteiger partial charge in [-0.1, -0.05) is 25.4 Å². The van der Waals surface area contributed by atoms with Crippen molar-refractivity contribution >= 4 is 28.5 Å². The number of amides is 1. The highest BCUT2D eigenvalue weighted by Crippen LogP contribution is 2.24. The van der Waals surface area contributed by atoms with Gasteiger partial charge in [0.05, 0.1) is 0 Å². The summed E-state index contributed by atoms with van der Waals surface area (Å²) < 4.78 is 0. The summed E-state index contributed by atoms with van der Waals surface area (Å²) in [6.45, 7) is 10.6. The molecular weight excluding hydrogens is 366 g/mol. The summed E-state index contributed by atoms with van der Waals surface area (Å²) in [5.41, 5.74) is 11.3. The predicted molar refractivity (Wildman–Crippen MR) is 109 cm³/mol. The van der Waals surface area contributed by atoms with Crippen molar-refractivity contribution in [3.63, 3.8) is 0 Å². The molecule has 0 aromatic rings. The van der Waals surface area contributed by atoms with Gasteiger partial charge in [-0.05, 0) is 38.9 Å². The van der Waals surface area contributed by atoms with Crippen LogP contribution in [0, 0.1) is 0 Å². The number of piperazine rings is 1. The SMILES string of the molecule is CCC1CN(C2=NC(N)C(C(N)=O)N=C2Cl)CCN1C1CCN(CC)CC1. The molecule has 2 saturated heterocycles. The molecule has 8 nitrogen and oxygen atoms in total. The number of primary amides is 1. The minimum Gasteiger partial charge on any atom is -0.368 e. The number of hydrogen-bond donors (Lipinski definition) is 2. The van der Waals surface area contributed by atoms with Gasteiger partial charge in [-0.25, -0.2) is 4.99 Å². The Morgan fingerprint density at radius 2 is 1.89 bits per heavy atom. The highest BCUT2D eigenvalue weighted by Gasteiger charge is 2.36. The normalized spacial score (nSPS) is 31.6. The zero-order valence-electron chi connectivity index (χ0n) is 16.4. The molecule has 1 amide bonds. The van der Waals surface area contributed by atoms with Crippen LogP contribution in [0.25, 0.3) is 0 Å². The van der Waals surface area contributed by atoms with E-state index in [9.17, 15) is 4.79 Å². The molecule has 2 fully saturated rings. The quantitative estimate of drug-likeness (QED) is 0.697. The van der Waals surface area contributed by atoms with Crippen molar-refractivity contribution in [1.82, 2.24) is 14.7 Å². The van der Waals surface area contributed by atoms with E-state index < -0.39 is 18.1 Å². The van der Waals surface area contributed by atoms with Gasteiger partial charge in [0.2, 0.25) is 5.91 Å². The lowest BCUT2D eigenvalue weighted by atomic mass is 9.98. The predicted octanol–water partition coefficient (Wildman–Crippen LogP) is 0.0550. The summed E-state index contributed by atoms with van der Waals surface area (Å²) in [7, 11) is 0. The smallest absolute Gasteiger partial charge is 0.245 e. The van der Waals surface area contributed by atoms with Crippen LogP contribution >= 0.6 is 11.6 Å². The van der Waals surface area contributed by atoms with Crippen molar-refractivity contribution in [2.24, 2.45) is 21.5 Å². The first-order valence-corrected chi connectivity index (χ1v) is 10.4. The van der Waals surface area contributed by atoms with Crippen molar-refractivity contribution in [1.29, 1.82) is 0 Å². The molecule has 27 heavy (non-hydrogen) atoms. The third-order valence-electron chi connectivity index (χ3n) is 6.10. The summed E-state index contributed by atoms with van der Waals surface area (Å²) in [4.78, 5) is 27.4. The zero-order chi connectivity index (χ0) is 19.6. The van der Waals surface area contributed by atoms with Crippen LogP contribution in [0.5, 0.6) is 0 Å². The van der Waals surface area contributed by atoms with Crippen molar-refractivity contribution < 1.29 is 4.79 Å². The van der Waals surface area contributed by atoms with Gasteiger partial charge in [0, 0.05) is 31.7 Å². The van der Waals surface area contributed by atoms with Crippen LogP contribution in [0.4, 0.5) is 0 Å². The van der Waals surface area contributed by atoms with Gasteiger partial charge in [-0.3, -0.25) is 14.7 Å². The third-order valence-corrected chi connectivity index (χ3v) is 6.36. The van der Waals surface area contributed by atoms with Crippen molar-refractivity contribution in [2.75, 3.05) is 39.3 Å². The highest BCUT2D eigenvalue weighted by atomic mass is 35.5. The van der Waals surface area contributed by atoms with Crippen molar-refractivity contribution in [3.05, 3.63) is 0 Å². The summed E-state index contributed by atoms with van der Waals surface area (Å²) in [5.74, 6) is -0.00121. The summed E-state index contributed by atoms with van der Waals surface area (Å²) in [5, 5.41) is 0.236. The molecule has 3 aliphatic rings. The number of carbonyl (C=O) groups is 1. The van der Waals surface area contributed by atoms with E-state index in [1.54, 1.807) is 0 Å². The molecule has 4 N–H and O–H groups in total. The molecule has 152 valence electrons. The maximum absolute atomic E-state index is 11.4.